The van der Waals surface area contributed by atoms with Gasteiger partial charge in [0, 0.05) is 13.6 Å². The standard InChI is InChI=1S/C22H28N2O5/c1-5-20(22(26)23-2)24(14-16-6-8-17(27-3)9-7-16)21(25)15-29-19-12-10-18(28-4)11-13-19/h6-13,20H,5,14-15H2,1-4H3,(H,23,26)/t20-/m0/s1. The summed E-state index contributed by atoms with van der Waals surface area (Å²) in [6, 6.07) is 13.8. The van der Waals surface area contributed by atoms with Gasteiger partial charge in [-0.15, -0.1) is 0 Å². The van der Waals surface area contributed by atoms with E-state index in [0.717, 1.165) is 11.3 Å². The number of amides is 2. The van der Waals surface area contributed by atoms with E-state index in [9.17, 15) is 9.59 Å². The van der Waals surface area contributed by atoms with E-state index in [-0.39, 0.29) is 18.4 Å². The van der Waals surface area contributed by atoms with E-state index < -0.39 is 6.04 Å². The first-order chi connectivity index (χ1) is 14.0. The highest BCUT2D eigenvalue weighted by atomic mass is 16.5. The van der Waals surface area contributed by atoms with Crippen molar-refractivity contribution in [2.45, 2.75) is 25.9 Å². The van der Waals surface area contributed by atoms with Crippen molar-refractivity contribution >= 4 is 11.8 Å². The normalized spacial score (nSPS) is 11.3. The van der Waals surface area contributed by atoms with Crippen molar-refractivity contribution in [3.05, 3.63) is 54.1 Å². The van der Waals surface area contributed by atoms with Gasteiger partial charge in [0.15, 0.2) is 6.61 Å². The van der Waals surface area contributed by atoms with Crippen LogP contribution in [-0.4, -0.2) is 50.6 Å². The molecule has 0 unspecified atom stereocenters. The topological polar surface area (TPSA) is 77.1 Å². The number of nitrogens with zero attached hydrogens (tertiary/aromatic N) is 1. The van der Waals surface area contributed by atoms with Crippen molar-refractivity contribution in [1.82, 2.24) is 10.2 Å². The molecule has 2 amide bonds. The summed E-state index contributed by atoms with van der Waals surface area (Å²) in [5.41, 5.74) is 0.894. The zero-order chi connectivity index (χ0) is 21.2. The van der Waals surface area contributed by atoms with E-state index in [2.05, 4.69) is 5.32 Å². The van der Waals surface area contributed by atoms with Crippen LogP contribution in [0.25, 0.3) is 0 Å². The van der Waals surface area contributed by atoms with Gasteiger partial charge < -0.3 is 24.4 Å². The van der Waals surface area contributed by atoms with E-state index in [1.807, 2.05) is 31.2 Å². The molecule has 0 saturated carbocycles. The summed E-state index contributed by atoms with van der Waals surface area (Å²) >= 11 is 0. The smallest absolute Gasteiger partial charge is 0.261 e. The van der Waals surface area contributed by atoms with Gasteiger partial charge in [-0.3, -0.25) is 9.59 Å². The Morgan fingerprint density at radius 2 is 1.45 bits per heavy atom. The number of benzene rings is 2. The van der Waals surface area contributed by atoms with Crippen molar-refractivity contribution in [2.75, 3.05) is 27.9 Å². The van der Waals surface area contributed by atoms with Crippen molar-refractivity contribution < 1.29 is 23.8 Å². The van der Waals surface area contributed by atoms with Gasteiger partial charge in [-0.1, -0.05) is 19.1 Å². The fourth-order valence-corrected chi connectivity index (χ4v) is 2.91. The first-order valence-corrected chi connectivity index (χ1v) is 9.43. The summed E-state index contributed by atoms with van der Waals surface area (Å²) in [6.45, 7) is 2.00. The van der Waals surface area contributed by atoms with E-state index >= 15 is 0 Å². The molecule has 0 radical (unpaired) electrons. The molecule has 0 aliphatic heterocycles. The van der Waals surface area contributed by atoms with E-state index in [1.165, 1.54) is 0 Å². The summed E-state index contributed by atoms with van der Waals surface area (Å²) < 4.78 is 15.9. The summed E-state index contributed by atoms with van der Waals surface area (Å²) in [6.07, 6.45) is 0.490. The lowest BCUT2D eigenvalue weighted by Gasteiger charge is -2.30. The SMILES string of the molecule is CC[C@@H](C(=O)NC)N(Cc1ccc(OC)cc1)C(=O)COc1ccc(OC)cc1. The number of hydrogen-bond acceptors (Lipinski definition) is 5. The summed E-state index contributed by atoms with van der Waals surface area (Å²) in [4.78, 5) is 26.8. The van der Waals surface area contributed by atoms with Crippen LogP contribution in [0.15, 0.2) is 48.5 Å². The molecule has 1 N–H and O–H groups in total. The molecule has 0 fully saturated rings. The van der Waals surface area contributed by atoms with Crippen LogP contribution in [0, 0.1) is 0 Å². The second-order valence-corrected chi connectivity index (χ2v) is 6.37. The Morgan fingerprint density at radius 1 is 0.931 bits per heavy atom. The van der Waals surface area contributed by atoms with Crippen molar-refractivity contribution in [2.24, 2.45) is 0 Å². The van der Waals surface area contributed by atoms with Crippen LogP contribution in [0.2, 0.25) is 0 Å². The van der Waals surface area contributed by atoms with Gasteiger partial charge in [0.2, 0.25) is 5.91 Å². The largest absolute Gasteiger partial charge is 0.497 e. The van der Waals surface area contributed by atoms with Crippen LogP contribution in [0.5, 0.6) is 17.2 Å². The third-order valence-corrected chi connectivity index (χ3v) is 4.57. The van der Waals surface area contributed by atoms with Gasteiger partial charge in [-0.2, -0.15) is 0 Å². The van der Waals surface area contributed by atoms with E-state index in [1.54, 1.807) is 50.4 Å². The molecule has 156 valence electrons. The number of ether oxygens (including phenoxy) is 3. The molecular weight excluding hydrogens is 372 g/mol. The number of carbonyl (C=O) groups is 2. The zero-order valence-corrected chi connectivity index (χ0v) is 17.3. The molecule has 7 heteroatoms. The maximum absolute atomic E-state index is 13.0. The van der Waals surface area contributed by atoms with Gasteiger partial charge in [0.1, 0.15) is 23.3 Å². The Kier molecular flexibility index (Phi) is 8.33. The number of nitrogens with one attached hydrogen (secondary N) is 1. The molecule has 7 nitrogen and oxygen atoms in total. The van der Waals surface area contributed by atoms with Gasteiger partial charge in [0.05, 0.1) is 14.2 Å². The van der Waals surface area contributed by atoms with Crippen LogP contribution in [-0.2, 0) is 16.1 Å². The highest BCUT2D eigenvalue weighted by molar-refractivity contribution is 5.88. The molecule has 2 aromatic carbocycles. The van der Waals surface area contributed by atoms with Crippen LogP contribution >= 0.6 is 0 Å². The number of methoxy groups -OCH3 is 2. The van der Waals surface area contributed by atoms with Crippen LogP contribution in [0.4, 0.5) is 0 Å². The minimum Gasteiger partial charge on any atom is -0.497 e. The number of hydrogen-bond donors (Lipinski definition) is 1. The second-order valence-electron chi connectivity index (χ2n) is 6.37. The predicted octanol–water partition coefficient (Wildman–Crippen LogP) is 2.64. The molecule has 1 atom stereocenters. The lowest BCUT2D eigenvalue weighted by Crippen LogP contribution is -2.49. The van der Waals surface area contributed by atoms with Crippen molar-refractivity contribution in [3.63, 3.8) is 0 Å². The Hall–Kier alpha value is -3.22. The molecular formula is C22H28N2O5. The van der Waals surface area contributed by atoms with Crippen LogP contribution < -0.4 is 19.5 Å². The zero-order valence-electron chi connectivity index (χ0n) is 17.3. The summed E-state index contributed by atoms with van der Waals surface area (Å²) in [5, 5.41) is 2.63. The van der Waals surface area contributed by atoms with Gasteiger partial charge in [-0.05, 0) is 48.4 Å². The lowest BCUT2D eigenvalue weighted by molar-refractivity contribution is -0.142. The molecule has 0 saturated heterocycles. The molecule has 0 spiro atoms. The predicted molar refractivity (Wildman–Crippen MR) is 110 cm³/mol. The fraction of sp³-hybridized carbons (Fsp3) is 0.364. The van der Waals surface area contributed by atoms with Crippen molar-refractivity contribution in [3.8, 4) is 17.2 Å². The molecule has 0 aliphatic rings. The minimum atomic E-state index is -0.589. The second kappa shape index (κ2) is 10.9. The summed E-state index contributed by atoms with van der Waals surface area (Å²) in [7, 11) is 4.75. The van der Waals surface area contributed by atoms with Crippen LogP contribution in [0.3, 0.4) is 0 Å². The maximum Gasteiger partial charge on any atom is 0.261 e. The molecule has 2 aromatic rings. The Balaban J connectivity index is 2.15. The highest BCUT2D eigenvalue weighted by Crippen LogP contribution is 2.19. The highest BCUT2D eigenvalue weighted by Gasteiger charge is 2.28. The molecule has 0 aromatic heterocycles. The first kappa shape index (κ1) is 22.1. The summed E-state index contributed by atoms with van der Waals surface area (Å²) in [5.74, 6) is 1.51. The number of carbonyl (C=O) groups excluding carboxylic acids is 2. The quantitative estimate of drug-likeness (QED) is 0.663. The minimum absolute atomic E-state index is 0.171. The molecule has 0 bridgehead atoms. The van der Waals surface area contributed by atoms with E-state index in [0.29, 0.717) is 24.5 Å². The van der Waals surface area contributed by atoms with Crippen LogP contribution in [0.1, 0.15) is 18.9 Å². The Morgan fingerprint density at radius 3 is 1.93 bits per heavy atom. The van der Waals surface area contributed by atoms with Gasteiger partial charge >= 0.3 is 0 Å². The van der Waals surface area contributed by atoms with E-state index in [4.69, 9.17) is 14.2 Å². The molecule has 29 heavy (non-hydrogen) atoms. The monoisotopic (exact) mass is 400 g/mol. The van der Waals surface area contributed by atoms with Gasteiger partial charge in [0.25, 0.3) is 5.91 Å². The van der Waals surface area contributed by atoms with Gasteiger partial charge in [-0.25, -0.2) is 0 Å². The Bertz CT molecular complexity index is 790. The number of likely N-dealkylation sites (N-methyl/N-ethyl adjacent to an activating group) is 1. The Labute approximate surface area is 171 Å². The first-order valence-electron chi connectivity index (χ1n) is 9.43. The molecule has 2 rings (SSSR count). The lowest BCUT2D eigenvalue weighted by atomic mass is 10.1. The molecule has 0 aliphatic carbocycles. The van der Waals surface area contributed by atoms with Crippen molar-refractivity contribution in [1.29, 1.82) is 0 Å². The third kappa shape index (κ3) is 6.14. The molecule has 0 heterocycles. The maximum atomic E-state index is 13.0. The number of rotatable bonds is 10. The fourth-order valence-electron chi connectivity index (χ4n) is 2.91. The third-order valence-electron chi connectivity index (χ3n) is 4.57. The average Bonchev–Trinajstić information content (AvgIpc) is 2.77. The average molecular weight is 400 g/mol.